The van der Waals surface area contributed by atoms with Crippen LogP contribution in [0.25, 0.3) is 0 Å². The van der Waals surface area contributed by atoms with Crippen LogP contribution in [-0.2, 0) is 6.54 Å². The second kappa shape index (κ2) is 3.23. The molecule has 1 aromatic rings. The van der Waals surface area contributed by atoms with E-state index in [2.05, 4.69) is 6.07 Å². The van der Waals surface area contributed by atoms with Crippen LogP contribution in [0, 0.1) is 17.2 Å². The topological polar surface area (TPSA) is 54.7 Å². The van der Waals surface area contributed by atoms with Crippen LogP contribution in [0.15, 0.2) is 18.3 Å². The highest BCUT2D eigenvalue weighted by Crippen LogP contribution is 2.27. The van der Waals surface area contributed by atoms with Gasteiger partial charge in [-0.3, -0.25) is 0 Å². The van der Waals surface area contributed by atoms with E-state index in [0.717, 1.165) is 25.1 Å². The lowest BCUT2D eigenvalue weighted by Gasteiger charge is -2.32. The lowest BCUT2D eigenvalue weighted by molar-refractivity contribution is 0.234. The predicted octanol–water partition coefficient (Wildman–Crippen LogP) is 1.10. The largest absolute Gasteiger partial charge is 0.339 e. The first-order valence-electron chi connectivity index (χ1n) is 4.60. The molecule has 0 aliphatic heterocycles. The highest BCUT2D eigenvalue weighted by atomic mass is 15.0. The molecule has 1 fully saturated rings. The second-order valence-corrected chi connectivity index (χ2v) is 3.76. The lowest BCUT2D eigenvalue weighted by atomic mass is 9.81. The van der Waals surface area contributed by atoms with Gasteiger partial charge in [-0.05, 0) is 30.9 Å². The average molecular weight is 175 g/mol. The zero-order valence-electron chi connectivity index (χ0n) is 7.48. The first kappa shape index (κ1) is 8.33. The number of rotatable bonds is 2. The molecule has 0 saturated heterocycles. The van der Waals surface area contributed by atoms with Crippen molar-refractivity contribution in [2.75, 3.05) is 0 Å². The molecule has 1 saturated carbocycles. The van der Waals surface area contributed by atoms with Gasteiger partial charge in [-0.1, -0.05) is 0 Å². The van der Waals surface area contributed by atoms with E-state index in [1.165, 1.54) is 0 Å². The molecule has 1 aliphatic carbocycles. The molecule has 0 atom stereocenters. The van der Waals surface area contributed by atoms with E-state index in [1.54, 1.807) is 0 Å². The molecule has 1 aliphatic rings. The molecule has 1 heterocycles. The van der Waals surface area contributed by atoms with E-state index in [0.29, 0.717) is 12.0 Å². The van der Waals surface area contributed by atoms with Gasteiger partial charge in [0.15, 0.2) is 0 Å². The van der Waals surface area contributed by atoms with Crippen molar-refractivity contribution in [1.29, 1.82) is 5.26 Å². The zero-order valence-corrected chi connectivity index (χ0v) is 7.48. The van der Waals surface area contributed by atoms with Crippen LogP contribution in [-0.4, -0.2) is 10.6 Å². The van der Waals surface area contributed by atoms with E-state index >= 15 is 0 Å². The first-order chi connectivity index (χ1) is 6.29. The Hall–Kier alpha value is -1.27. The van der Waals surface area contributed by atoms with Gasteiger partial charge in [0.1, 0.15) is 11.8 Å². The smallest absolute Gasteiger partial charge is 0.120 e. The minimum absolute atomic E-state index is 0.395. The third-order valence-electron chi connectivity index (χ3n) is 2.67. The van der Waals surface area contributed by atoms with Gasteiger partial charge < -0.3 is 10.3 Å². The molecule has 13 heavy (non-hydrogen) atoms. The lowest BCUT2D eigenvalue weighted by Crippen LogP contribution is -2.38. The van der Waals surface area contributed by atoms with Gasteiger partial charge in [0.2, 0.25) is 0 Å². The molecule has 0 spiro atoms. The highest BCUT2D eigenvalue weighted by molar-refractivity contribution is 5.22. The van der Waals surface area contributed by atoms with Gasteiger partial charge in [0.05, 0.1) is 0 Å². The summed E-state index contributed by atoms with van der Waals surface area (Å²) in [5.41, 5.74) is 6.44. The molecule has 68 valence electrons. The summed E-state index contributed by atoms with van der Waals surface area (Å²) < 4.78 is 2.01. The molecule has 0 unspecified atom stereocenters. The summed E-state index contributed by atoms with van der Waals surface area (Å²) in [7, 11) is 0. The van der Waals surface area contributed by atoms with Crippen LogP contribution in [0.4, 0.5) is 0 Å². The van der Waals surface area contributed by atoms with Gasteiger partial charge >= 0.3 is 0 Å². The minimum atomic E-state index is 0.395. The fraction of sp³-hybridized carbons (Fsp3) is 0.500. The monoisotopic (exact) mass is 175 g/mol. The SMILES string of the molecule is N#Cc1cccn1CC1CC(N)C1. The molecule has 2 rings (SSSR count). The van der Waals surface area contributed by atoms with Crippen molar-refractivity contribution in [2.45, 2.75) is 25.4 Å². The fourth-order valence-electron chi connectivity index (χ4n) is 1.89. The molecule has 0 amide bonds. The summed E-state index contributed by atoms with van der Waals surface area (Å²) in [4.78, 5) is 0. The first-order valence-corrected chi connectivity index (χ1v) is 4.60. The molecular weight excluding hydrogens is 162 g/mol. The highest BCUT2D eigenvalue weighted by Gasteiger charge is 2.26. The third kappa shape index (κ3) is 1.58. The van der Waals surface area contributed by atoms with Gasteiger partial charge in [0.25, 0.3) is 0 Å². The van der Waals surface area contributed by atoms with Crippen LogP contribution in [0.1, 0.15) is 18.5 Å². The molecule has 0 radical (unpaired) electrons. The summed E-state index contributed by atoms with van der Waals surface area (Å²) in [6, 6.07) is 6.33. The number of hydrogen-bond donors (Lipinski definition) is 1. The number of nitriles is 1. The maximum atomic E-state index is 8.77. The Morgan fingerprint density at radius 2 is 2.38 bits per heavy atom. The van der Waals surface area contributed by atoms with Crippen LogP contribution < -0.4 is 5.73 Å². The molecule has 0 aromatic carbocycles. The van der Waals surface area contributed by atoms with E-state index < -0.39 is 0 Å². The number of hydrogen-bond acceptors (Lipinski definition) is 2. The Morgan fingerprint density at radius 3 is 3.00 bits per heavy atom. The second-order valence-electron chi connectivity index (χ2n) is 3.76. The van der Waals surface area contributed by atoms with Crippen LogP contribution in [0.2, 0.25) is 0 Å². The molecule has 3 heteroatoms. The normalized spacial score (nSPS) is 26.5. The molecule has 2 N–H and O–H groups in total. The Kier molecular flexibility index (Phi) is 2.07. The summed E-state index contributed by atoms with van der Waals surface area (Å²) in [6.07, 6.45) is 4.16. The van der Waals surface area contributed by atoms with Crippen molar-refractivity contribution in [3.63, 3.8) is 0 Å². The van der Waals surface area contributed by atoms with E-state index in [9.17, 15) is 0 Å². The van der Waals surface area contributed by atoms with Crippen molar-refractivity contribution in [3.05, 3.63) is 24.0 Å². The van der Waals surface area contributed by atoms with Crippen molar-refractivity contribution in [3.8, 4) is 6.07 Å². The number of nitrogens with two attached hydrogens (primary N) is 1. The Labute approximate surface area is 77.8 Å². The summed E-state index contributed by atoms with van der Waals surface area (Å²) in [5, 5.41) is 8.77. The summed E-state index contributed by atoms with van der Waals surface area (Å²) >= 11 is 0. The zero-order chi connectivity index (χ0) is 9.26. The van der Waals surface area contributed by atoms with Crippen molar-refractivity contribution in [1.82, 2.24) is 4.57 Å². The average Bonchev–Trinajstić information content (AvgIpc) is 2.49. The third-order valence-corrected chi connectivity index (χ3v) is 2.67. The molecular formula is C10H13N3. The fourth-order valence-corrected chi connectivity index (χ4v) is 1.89. The standard InChI is InChI=1S/C10H13N3/c11-6-10-2-1-3-13(10)7-8-4-9(12)5-8/h1-3,8-9H,4-5,7,12H2. The Morgan fingerprint density at radius 1 is 1.62 bits per heavy atom. The maximum absolute atomic E-state index is 8.77. The molecule has 0 bridgehead atoms. The van der Waals surface area contributed by atoms with Crippen LogP contribution in [0.3, 0.4) is 0 Å². The summed E-state index contributed by atoms with van der Waals surface area (Å²) in [5.74, 6) is 0.675. The quantitative estimate of drug-likeness (QED) is 0.731. The molecule has 1 aromatic heterocycles. The summed E-state index contributed by atoms with van der Waals surface area (Å²) in [6.45, 7) is 0.948. The molecule has 3 nitrogen and oxygen atoms in total. The van der Waals surface area contributed by atoms with Crippen molar-refractivity contribution >= 4 is 0 Å². The minimum Gasteiger partial charge on any atom is -0.339 e. The van der Waals surface area contributed by atoms with E-state index in [-0.39, 0.29) is 0 Å². The van der Waals surface area contributed by atoms with Crippen molar-refractivity contribution < 1.29 is 0 Å². The van der Waals surface area contributed by atoms with Gasteiger partial charge in [-0.15, -0.1) is 0 Å². The van der Waals surface area contributed by atoms with Crippen molar-refractivity contribution in [2.24, 2.45) is 11.7 Å². The van der Waals surface area contributed by atoms with Gasteiger partial charge in [0, 0.05) is 18.8 Å². The maximum Gasteiger partial charge on any atom is 0.120 e. The van der Waals surface area contributed by atoms with E-state index in [1.807, 2.05) is 22.9 Å². The van der Waals surface area contributed by atoms with E-state index in [4.69, 9.17) is 11.0 Å². The van der Waals surface area contributed by atoms with Crippen LogP contribution >= 0.6 is 0 Å². The van der Waals surface area contributed by atoms with Crippen LogP contribution in [0.5, 0.6) is 0 Å². The number of aromatic nitrogens is 1. The number of nitrogens with zero attached hydrogens (tertiary/aromatic N) is 2. The predicted molar refractivity (Wildman–Crippen MR) is 49.8 cm³/mol. The van der Waals surface area contributed by atoms with Gasteiger partial charge in [-0.2, -0.15) is 5.26 Å². The van der Waals surface area contributed by atoms with Gasteiger partial charge in [-0.25, -0.2) is 0 Å². The Balaban J connectivity index is 1.99. The Bertz CT molecular complexity index is 328.